The van der Waals surface area contributed by atoms with Crippen molar-refractivity contribution in [2.75, 3.05) is 6.61 Å². The largest absolute Gasteiger partial charge is 0.338 e. The first-order valence-electron chi connectivity index (χ1n) is 10.9. The molecule has 0 saturated carbocycles. The number of allylic oxidation sites excluding steroid dienone is 2. The molecule has 162 valence electrons. The maximum absolute atomic E-state index is 5.85. The Kier molecular flexibility index (Phi) is 8.85. The van der Waals surface area contributed by atoms with Gasteiger partial charge in [0.05, 0.1) is 5.41 Å². The molecule has 0 amide bonds. The molecule has 0 radical (unpaired) electrons. The van der Waals surface area contributed by atoms with Crippen molar-refractivity contribution in [3.63, 3.8) is 0 Å². The highest BCUT2D eigenvalue weighted by molar-refractivity contribution is 5.50. The molecule has 0 aliphatic rings. The van der Waals surface area contributed by atoms with E-state index in [0.29, 0.717) is 12.4 Å². The summed E-state index contributed by atoms with van der Waals surface area (Å²) in [5.41, 5.74) is 2.98. The van der Waals surface area contributed by atoms with Gasteiger partial charge in [0, 0.05) is 0 Å². The third kappa shape index (κ3) is 5.75. The molecule has 0 saturated heterocycles. The van der Waals surface area contributed by atoms with Gasteiger partial charge in [0.2, 0.25) is 0 Å². The van der Waals surface area contributed by atoms with Crippen LogP contribution in [-0.4, -0.2) is 6.61 Å². The average Bonchev–Trinajstić information content (AvgIpc) is 2.89. The van der Waals surface area contributed by atoms with Gasteiger partial charge in [-0.05, 0) is 42.7 Å². The molecule has 0 unspecified atom stereocenters. The third-order valence-electron chi connectivity index (χ3n) is 5.31. The summed E-state index contributed by atoms with van der Waals surface area (Å²) in [6, 6.07) is 40.9. The minimum absolute atomic E-state index is 0.347. The normalized spacial score (nSPS) is 10.9. The van der Waals surface area contributed by atoms with E-state index >= 15 is 0 Å². The number of benzene rings is 4. The maximum atomic E-state index is 5.85. The van der Waals surface area contributed by atoms with Crippen molar-refractivity contribution in [2.45, 2.75) is 19.3 Å². The fraction of sp³-hybridized carbons (Fsp3) is 0.133. The van der Waals surface area contributed by atoms with Gasteiger partial charge in [-0.15, -0.1) is 0 Å². The average molecular weight is 423 g/mol. The first kappa shape index (κ1) is 23.1. The zero-order valence-corrected chi connectivity index (χ0v) is 18.7. The second-order valence-corrected chi connectivity index (χ2v) is 7.33. The van der Waals surface area contributed by atoms with E-state index in [1.165, 1.54) is 0 Å². The monoisotopic (exact) mass is 422 g/mol. The molecule has 0 aliphatic carbocycles. The molecular weight excluding hydrogens is 392 g/mol. The minimum Gasteiger partial charge on any atom is -0.338 e. The lowest BCUT2D eigenvalue weighted by atomic mass is 9.70. The van der Waals surface area contributed by atoms with E-state index in [1.54, 1.807) is 0 Å². The van der Waals surface area contributed by atoms with Crippen molar-refractivity contribution in [1.82, 2.24) is 0 Å². The van der Waals surface area contributed by atoms with Gasteiger partial charge >= 0.3 is 0 Å². The van der Waals surface area contributed by atoms with Crippen LogP contribution in [0.5, 0.6) is 5.75 Å². The Morgan fingerprint density at radius 2 is 0.875 bits per heavy atom. The number of rotatable bonds is 7. The Hall–Kier alpha value is -3.62. The van der Waals surface area contributed by atoms with Crippen molar-refractivity contribution in [1.29, 1.82) is 0 Å². The summed E-state index contributed by atoms with van der Waals surface area (Å²) in [6.45, 7) is 4.35. The van der Waals surface area contributed by atoms with Gasteiger partial charge in [0.1, 0.15) is 6.61 Å². The fourth-order valence-corrected chi connectivity index (χ4v) is 3.58. The number of hydrogen-bond donors (Lipinski definition) is 0. The fourth-order valence-electron chi connectivity index (χ4n) is 3.58. The van der Waals surface area contributed by atoms with Crippen LogP contribution in [0.3, 0.4) is 0 Å². The van der Waals surface area contributed by atoms with E-state index in [1.807, 2.05) is 74.5 Å². The van der Waals surface area contributed by atoms with E-state index in [4.69, 9.17) is 9.78 Å². The summed E-state index contributed by atoms with van der Waals surface area (Å²) in [4.78, 5) is 11.5. The summed E-state index contributed by atoms with van der Waals surface area (Å²) < 4.78 is 0. The minimum atomic E-state index is -0.488. The Morgan fingerprint density at radius 3 is 1.22 bits per heavy atom. The SMILES string of the molecule is CC=CC.c1ccc(OOCC(c2ccccc2)(c2ccccc2)c2ccccc2)cc1. The van der Waals surface area contributed by atoms with E-state index in [9.17, 15) is 0 Å². The molecule has 4 aromatic carbocycles. The van der Waals surface area contributed by atoms with Crippen LogP contribution in [-0.2, 0) is 10.3 Å². The number of hydrogen-bond acceptors (Lipinski definition) is 2. The van der Waals surface area contributed by atoms with E-state index in [-0.39, 0.29) is 0 Å². The van der Waals surface area contributed by atoms with Crippen molar-refractivity contribution in [3.05, 3.63) is 150 Å². The highest BCUT2D eigenvalue weighted by atomic mass is 17.2. The zero-order chi connectivity index (χ0) is 22.5. The van der Waals surface area contributed by atoms with E-state index in [0.717, 1.165) is 16.7 Å². The molecule has 0 heterocycles. The van der Waals surface area contributed by atoms with Gasteiger partial charge in [-0.3, -0.25) is 0 Å². The maximum Gasteiger partial charge on any atom is 0.165 e. The molecule has 0 aromatic heterocycles. The van der Waals surface area contributed by atoms with Gasteiger partial charge in [-0.1, -0.05) is 121 Å². The first-order valence-corrected chi connectivity index (χ1v) is 10.9. The Labute approximate surface area is 191 Å². The summed E-state index contributed by atoms with van der Waals surface area (Å²) >= 11 is 0. The van der Waals surface area contributed by atoms with E-state index < -0.39 is 5.41 Å². The highest BCUT2D eigenvalue weighted by Crippen LogP contribution is 2.39. The quantitative estimate of drug-likeness (QED) is 0.132. The molecule has 32 heavy (non-hydrogen) atoms. The molecule has 2 heteroatoms. The van der Waals surface area contributed by atoms with Gasteiger partial charge in [0.25, 0.3) is 0 Å². The Morgan fingerprint density at radius 1 is 0.531 bits per heavy atom. The lowest BCUT2D eigenvalue weighted by Gasteiger charge is -2.35. The van der Waals surface area contributed by atoms with Crippen LogP contribution in [0.4, 0.5) is 0 Å². The van der Waals surface area contributed by atoms with E-state index in [2.05, 4.69) is 72.8 Å². The third-order valence-corrected chi connectivity index (χ3v) is 5.31. The second kappa shape index (κ2) is 12.3. The molecule has 4 aromatic rings. The van der Waals surface area contributed by atoms with Gasteiger partial charge in [-0.25, -0.2) is 0 Å². The van der Waals surface area contributed by atoms with Crippen LogP contribution in [0.1, 0.15) is 30.5 Å². The van der Waals surface area contributed by atoms with Crippen molar-refractivity contribution in [2.24, 2.45) is 0 Å². The van der Waals surface area contributed by atoms with Crippen molar-refractivity contribution in [3.8, 4) is 5.75 Å². The Balaban J connectivity index is 0.000000668. The molecule has 0 aliphatic heterocycles. The lowest BCUT2D eigenvalue weighted by molar-refractivity contribution is -0.214. The van der Waals surface area contributed by atoms with Crippen LogP contribution < -0.4 is 4.89 Å². The van der Waals surface area contributed by atoms with Crippen molar-refractivity contribution >= 4 is 0 Å². The highest BCUT2D eigenvalue weighted by Gasteiger charge is 2.37. The van der Waals surface area contributed by atoms with Crippen LogP contribution in [0, 0.1) is 0 Å². The lowest BCUT2D eigenvalue weighted by Crippen LogP contribution is -2.35. The van der Waals surface area contributed by atoms with Crippen molar-refractivity contribution < 1.29 is 9.78 Å². The van der Waals surface area contributed by atoms with Gasteiger partial charge < -0.3 is 4.89 Å². The summed E-state index contributed by atoms with van der Waals surface area (Å²) in [5, 5.41) is 0. The van der Waals surface area contributed by atoms with Gasteiger partial charge in [-0.2, -0.15) is 4.89 Å². The first-order chi connectivity index (χ1) is 15.8. The summed E-state index contributed by atoms with van der Waals surface area (Å²) in [6.07, 6.45) is 4.00. The number of para-hydroxylation sites is 1. The van der Waals surface area contributed by atoms with Crippen LogP contribution in [0.2, 0.25) is 0 Å². The summed E-state index contributed by atoms with van der Waals surface area (Å²) in [5.74, 6) is 0.686. The van der Waals surface area contributed by atoms with Crippen LogP contribution >= 0.6 is 0 Å². The predicted molar refractivity (Wildman–Crippen MR) is 133 cm³/mol. The molecule has 4 rings (SSSR count). The van der Waals surface area contributed by atoms with Crippen LogP contribution in [0.15, 0.2) is 133 Å². The predicted octanol–water partition coefficient (Wildman–Crippen LogP) is 7.61. The molecule has 0 N–H and O–H groups in total. The molecule has 0 atom stereocenters. The molecule has 0 fully saturated rings. The van der Waals surface area contributed by atoms with Gasteiger partial charge in [0.15, 0.2) is 5.75 Å². The standard InChI is InChI=1S/C26H22O2.C4H8/c1-5-13-22(14-6-1)26(23-15-7-2-8-16-23,24-17-9-3-10-18-24)21-27-28-25-19-11-4-12-20-25;1-3-4-2/h1-20H,21H2;3-4H,1-2H3. The smallest absolute Gasteiger partial charge is 0.165 e. The Bertz CT molecular complexity index is 942. The zero-order valence-electron chi connectivity index (χ0n) is 18.7. The molecular formula is C30H30O2. The molecule has 2 nitrogen and oxygen atoms in total. The van der Waals surface area contributed by atoms with Crippen LogP contribution in [0.25, 0.3) is 0 Å². The topological polar surface area (TPSA) is 18.5 Å². The molecule has 0 bridgehead atoms. The second-order valence-electron chi connectivity index (χ2n) is 7.33. The summed E-state index contributed by atoms with van der Waals surface area (Å²) in [7, 11) is 0. The molecule has 0 spiro atoms.